The molecule has 5 heteroatoms. The molecule has 1 aliphatic carbocycles. The van der Waals surface area contributed by atoms with Gasteiger partial charge in [-0.15, -0.1) is 0 Å². The third-order valence-electron chi connectivity index (χ3n) is 4.98. The van der Waals surface area contributed by atoms with Crippen LogP contribution in [0.2, 0.25) is 0 Å². The van der Waals surface area contributed by atoms with Crippen LogP contribution in [-0.2, 0) is 9.53 Å². The number of carbonyl (C=O) groups is 1. The van der Waals surface area contributed by atoms with E-state index in [9.17, 15) is 4.79 Å². The number of hydrogen-bond acceptors (Lipinski definition) is 5. The number of rotatable bonds is 2. The molecule has 0 aromatic rings. The Labute approximate surface area is 120 Å². The summed E-state index contributed by atoms with van der Waals surface area (Å²) in [5.74, 6) is 1.21. The zero-order valence-electron chi connectivity index (χ0n) is 12.4. The molecular formula is C15H25N3O2. The predicted octanol–water partition coefficient (Wildman–Crippen LogP) is 1.04. The van der Waals surface area contributed by atoms with E-state index in [1.165, 1.54) is 19.3 Å². The second kappa shape index (κ2) is 5.82. The first kappa shape index (κ1) is 14.0. The molecule has 0 spiro atoms. The molecule has 5 atom stereocenters. The van der Waals surface area contributed by atoms with Crippen LogP contribution >= 0.6 is 0 Å². The summed E-state index contributed by atoms with van der Waals surface area (Å²) in [5, 5.41) is 3.33. The van der Waals surface area contributed by atoms with Crippen molar-refractivity contribution >= 4 is 12.2 Å². The smallest absolute Gasteiger partial charge is 0.324 e. The fourth-order valence-electron chi connectivity index (χ4n) is 3.98. The summed E-state index contributed by atoms with van der Waals surface area (Å²) in [6.45, 7) is 6.12. The third kappa shape index (κ3) is 2.49. The lowest BCUT2D eigenvalue weighted by molar-refractivity contribution is -0.146. The molecule has 0 aromatic heterocycles. The predicted molar refractivity (Wildman–Crippen MR) is 77.7 cm³/mol. The Morgan fingerprint density at radius 3 is 3.10 bits per heavy atom. The van der Waals surface area contributed by atoms with Crippen molar-refractivity contribution in [3.63, 3.8) is 0 Å². The van der Waals surface area contributed by atoms with Gasteiger partial charge in [0.25, 0.3) is 0 Å². The Kier molecular flexibility index (Phi) is 4.08. The highest BCUT2D eigenvalue weighted by Gasteiger charge is 2.45. The summed E-state index contributed by atoms with van der Waals surface area (Å²) < 4.78 is 5.19. The summed E-state index contributed by atoms with van der Waals surface area (Å²) in [7, 11) is 0. The van der Waals surface area contributed by atoms with Gasteiger partial charge in [0.05, 0.1) is 19.2 Å². The minimum absolute atomic E-state index is 0.127. The van der Waals surface area contributed by atoms with Gasteiger partial charge >= 0.3 is 5.97 Å². The van der Waals surface area contributed by atoms with E-state index in [1.807, 2.05) is 6.92 Å². The van der Waals surface area contributed by atoms with Gasteiger partial charge in [-0.2, -0.15) is 0 Å². The molecule has 2 heterocycles. The molecule has 0 radical (unpaired) electrons. The summed E-state index contributed by atoms with van der Waals surface area (Å²) in [6, 6.07) is 0.480. The normalized spacial score (nSPS) is 40.8. The van der Waals surface area contributed by atoms with E-state index in [2.05, 4.69) is 28.3 Å². The Balaban J connectivity index is 1.75. The van der Waals surface area contributed by atoms with Crippen molar-refractivity contribution in [2.75, 3.05) is 19.8 Å². The van der Waals surface area contributed by atoms with E-state index in [0.717, 1.165) is 12.6 Å². The number of nitrogens with one attached hydrogen (secondary N) is 1. The maximum atomic E-state index is 12.1. The number of carbonyl (C=O) groups excluding carboxylic acids is 1. The van der Waals surface area contributed by atoms with Crippen LogP contribution in [0, 0.1) is 11.8 Å². The van der Waals surface area contributed by atoms with Crippen LogP contribution in [0.25, 0.3) is 0 Å². The van der Waals surface area contributed by atoms with Crippen molar-refractivity contribution in [1.29, 1.82) is 0 Å². The lowest BCUT2D eigenvalue weighted by Crippen LogP contribution is -2.49. The second-order valence-electron chi connectivity index (χ2n) is 6.34. The number of nitrogens with zero attached hydrogens (tertiary/aromatic N) is 2. The number of hydrogen-bond donors (Lipinski definition) is 1. The quantitative estimate of drug-likeness (QED) is 0.767. The Morgan fingerprint density at radius 2 is 2.30 bits per heavy atom. The van der Waals surface area contributed by atoms with Gasteiger partial charge in [-0.25, -0.2) is 0 Å². The topological polar surface area (TPSA) is 53.9 Å². The van der Waals surface area contributed by atoms with Gasteiger partial charge in [-0.3, -0.25) is 20.0 Å². The molecule has 2 fully saturated rings. The largest absolute Gasteiger partial charge is 0.465 e. The Hall–Kier alpha value is -0.940. The van der Waals surface area contributed by atoms with Gasteiger partial charge in [0.1, 0.15) is 6.04 Å². The molecule has 3 rings (SSSR count). The molecule has 3 aliphatic rings. The highest BCUT2D eigenvalue weighted by Crippen LogP contribution is 2.35. The standard InChI is InChI=1S/C15H25N3O2/c1-3-20-15(19)14-13-8-16-7-11-6-10(2)4-5-12(11)18(13)9-17-14/h7,10-14,17H,3-6,8-9H2,1-2H3. The van der Waals surface area contributed by atoms with E-state index in [0.29, 0.717) is 25.1 Å². The Morgan fingerprint density at radius 1 is 1.45 bits per heavy atom. The summed E-state index contributed by atoms with van der Waals surface area (Å²) >= 11 is 0. The fourth-order valence-corrected chi connectivity index (χ4v) is 3.98. The zero-order valence-corrected chi connectivity index (χ0v) is 12.4. The molecular weight excluding hydrogens is 254 g/mol. The lowest BCUT2D eigenvalue weighted by Gasteiger charge is -2.39. The van der Waals surface area contributed by atoms with Crippen LogP contribution in [0.15, 0.2) is 4.99 Å². The monoisotopic (exact) mass is 279 g/mol. The van der Waals surface area contributed by atoms with Gasteiger partial charge in [0.15, 0.2) is 0 Å². The maximum Gasteiger partial charge on any atom is 0.324 e. The van der Waals surface area contributed by atoms with E-state index in [-0.39, 0.29) is 18.1 Å². The van der Waals surface area contributed by atoms with Crippen molar-refractivity contribution in [3.05, 3.63) is 0 Å². The molecule has 5 nitrogen and oxygen atoms in total. The molecule has 0 bridgehead atoms. The number of esters is 1. The van der Waals surface area contributed by atoms with Gasteiger partial charge in [0.2, 0.25) is 0 Å². The molecule has 0 aromatic carbocycles. The van der Waals surface area contributed by atoms with Crippen LogP contribution in [0.5, 0.6) is 0 Å². The van der Waals surface area contributed by atoms with Crippen LogP contribution in [0.1, 0.15) is 33.1 Å². The minimum atomic E-state index is -0.217. The highest BCUT2D eigenvalue weighted by atomic mass is 16.5. The van der Waals surface area contributed by atoms with Gasteiger partial charge < -0.3 is 4.74 Å². The lowest BCUT2D eigenvalue weighted by atomic mass is 9.78. The van der Waals surface area contributed by atoms with Crippen LogP contribution in [0.4, 0.5) is 0 Å². The third-order valence-corrected chi connectivity index (χ3v) is 4.98. The molecule has 20 heavy (non-hydrogen) atoms. The van der Waals surface area contributed by atoms with Crippen molar-refractivity contribution in [1.82, 2.24) is 10.2 Å². The fraction of sp³-hybridized carbons (Fsp3) is 0.867. The molecule has 0 amide bonds. The first-order chi connectivity index (χ1) is 9.70. The summed E-state index contributed by atoms with van der Waals surface area (Å²) in [5.41, 5.74) is 0. The van der Waals surface area contributed by atoms with E-state index >= 15 is 0 Å². The van der Waals surface area contributed by atoms with Crippen molar-refractivity contribution in [2.45, 2.75) is 51.2 Å². The first-order valence-corrected chi connectivity index (χ1v) is 7.86. The molecule has 2 aliphatic heterocycles. The summed E-state index contributed by atoms with van der Waals surface area (Å²) in [4.78, 5) is 19.1. The average Bonchev–Trinajstić information content (AvgIpc) is 2.75. The van der Waals surface area contributed by atoms with Crippen LogP contribution in [0.3, 0.4) is 0 Å². The average molecular weight is 279 g/mol. The van der Waals surface area contributed by atoms with Crippen LogP contribution in [-0.4, -0.2) is 55.0 Å². The van der Waals surface area contributed by atoms with Crippen LogP contribution < -0.4 is 5.32 Å². The molecule has 112 valence electrons. The molecule has 5 unspecified atom stereocenters. The van der Waals surface area contributed by atoms with Crippen molar-refractivity contribution in [2.24, 2.45) is 16.8 Å². The van der Waals surface area contributed by atoms with Gasteiger partial charge in [-0.1, -0.05) is 6.92 Å². The van der Waals surface area contributed by atoms with E-state index in [1.54, 1.807) is 0 Å². The van der Waals surface area contributed by atoms with Gasteiger partial charge in [0, 0.05) is 24.8 Å². The maximum absolute atomic E-state index is 12.1. The van der Waals surface area contributed by atoms with Crippen molar-refractivity contribution < 1.29 is 9.53 Å². The van der Waals surface area contributed by atoms with E-state index < -0.39 is 0 Å². The number of fused-ring (bicyclic) bond motifs is 3. The van der Waals surface area contributed by atoms with E-state index in [4.69, 9.17) is 4.74 Å². The highest BCUT2D eigenvalue weighted by molar-refractivity contribution is 5.77. The molecule has 1 saturated carbocycles. The second-order valence-corrected chi connectivity index (χ2v) is 6.34. The molecule has 1 saturated heterocycles. The Bertz CT molecular complexity index is 399. The zero-order chi connectivity index (χ0) is 14.1. The summed E-state index contributed by atoms with van der Waals surface area (Å²) in [6.07, 6.45) is 5.87. The first-order valence-electron chi connectivity index (χ1n) is 7.86. The van der Waals surface area contributed by atoms with Gasteiger partial charge in [-0.05, 0) is 32.1 Å². The minimum Gasteiger partial charge on any atom is -0.465 e. The molecule has 1 N–H and O–H groups in total. The SMILES string of the molecule is CCOC(=O)C1NCN2C3CCC(C)CC3C=NCC12. The number of ether oxygens (including phenoxy) is 1. The van der Waals surface area contributed by atoms with Crippen molar-refractivity contribution in [3.8, 4) is 0 Å². The number of aliphatic imine (C=N–C) groups is 1.